The van der Waals surface area contributed by atoms with Crippen molar-refractivity contribution in [3.05, 3.63) is 27.7 Å². The van der Waals surface area contributed by atoms with Crippen LogP contribution < -0.4 is 4.74 Å². The fourth-order valence-corrected chi connectivity index (χ4v) is 3.30. The molecule has 0 fully saturated rings. The minimum absolute atomic E-state index is 0.00499. The number of hydrogen-bond donors (Lipinski definition) is 0. The van der Waals surface area contributed by atoms with Gasteiger partial charge in [0.05, 0.1) is 11.6 Å². The minimum atomic E-state index is -0.00499. The quantitative estimate of drug-likeness (QED) is 0.647. The average molecular weight is 340 g/mol. The van der Waals surface area contributed by atoms with Crippen LogP contribution in [0.1, 0.15) is 32.8 Å². The molecule has 17 heavy (non-hydrogen) atoms. The molecule has 0 amide bonds. The summed E-state index contributed by atoms with van der Waals surface area (Å²) in [6.07, 6.45) is 0.997. The van der Waals surface area contributed by atoms with Gasteiger partial charge in [-0.05, 0) is 30.4 Å². The molecule has 0 aliphatic heterocycles. The first kappa shape index (κ1) is 15.1. The van der Waals surface area contributed by atoms with Crippen molar-refractivity contribution < 1.29 is 4.74 Å². The molecule has 1 aromatic carbocycles. The second kappa shape index (κ2) is 6.31. The minimum Gasteiger partial charge on any atom is -0.492 e. The van der Waals surface area contributed by atoms with Gasteiger partial charge in [0.25, 0.3) is 0 Å². The van der Waals surface area contributed by atoms with Crippen LogP contribution in [0.5, 0.6) is 5.75 Å². The molecule has 0 bridgehead atoms. The van der Waals surface area contributed by atoms with Crippen LogP contribution >= 0.6 is 39.1 Å². The molecule has 0 N–H and O–H groups in total. The highest BCUT2D eigenvalue weighted by Crippen LogP contribution is 2.39. The molecule has 1 nitrogen and oxygen atoms in total. The third-order valence-corrected chi connectivity index (χ3v) is 3.77. The molecule has 0 aliphatic carbocycles. The highest BCUT2D eigenvalue weighted by atomic mass is 79.9. The molecular weight excluding hydrogens is 323 g/mol. The first-order chi connectivity index (χ1) is 7.92. The van der Waals surface area contributed by atoms with Gasteiger partial charge in [-0.1, -0.05) is 53.0 Å². The van der Waals surface area contributed by atoms with Gasteiger partial charge < -0.3 is 4.74 Å². The molecule has 0 radical (unpaired) electrons. The van der Waals surface area contributed by atoms with Gasteiger partial charge in [-0.15, -0.1) is 0 Å². The maximum atomic E-state index is 6.30. The molecule has 96 valence electrons. The second-order valence-electron chi connectivity index (χ2n) is 4.52. The van der Waals surface area contributed by atoms with Gasteiger partial charge in [-0.25, -0.2) is 0 Å². The fraction of sp³-hybridized carbons (Fsp3) is 0.538. The summed E-state index contributed by atoms with van der Waals surface area (Å²) in [5.41, 5.74) is 1.06. The predicted octanol–water partition coefficient (Wildman–Crippen LogP) is 5.45. The van der Waals surface area contributed by atoms with Crippen LogP contribution in [0.3, 0.4) is 0 Å². The van der Waals surface area contributed by atoms with Crippen LogP contribution in [0, 0.1) is 0 Å². The van der Waals surface area contributed by atoms with E-state index < -0.39 is 0 Å². The van der Waals surface area contributed by atoms with E-state index >= 15 is 0 Å². The largest absolute Gasteiger partial charge is 0.492 e. The van der Waals surface area contributed by atoms with Crippen LogP contribution in [0.15, 0.2) is 12.1 Å². The normalized spacial score (nSPS) is 11.6. The monoisotopic (exact) mass is 338 g/mol. The van der Waals surface area contributed by atoms with Crippen LogP contribution in [0.2, 0.25) is 10.0 Å². The molecule has 0 saturated heterocycles. The molecule has 0 aromatic heterocycles. The maximum Gasteiger partial charge on any atom is 0.139 e. The van der Waals surface area contributed by atoms with Crippen molar-refractivity contribution in [3.63, 3.8) is 0 Å². The summed E-state index contributed by atoms with van der Waals surface area (Å²) < 4.78 is 5.42. The third-order valence-electron chi connectivity index (χ3n) is 2.77. The van der Waals surface area contributed by atoms with E-state index in [9.17, 15) is 0 Å². The molecule has 1 aromatic rings. The van der Waals surface area contributed by atoms with Gasteiger partial charge in [0.15, 0.2) is 0 Å². The highest BCUT2D eigenvalue weighted by Gasteiger charge is 2.24. The summed E-state index contributed by atoms with van der Waals surface area (Å²) in [7, 11) is 0. The number of rotatable bonds is 5. The Kier molecular flexibility index (Phi) is 5.62. The predicted molar refractivity (Wildman–Crippen MR) is 79.1 cm³/mol. The number of benzene rings is 1. The van der Waals surface area contributed by atoms with Crippen molar-refractivity contribution in [1.29, 1.82) is 0 Å². The zero-order valence-electron chi connectivity index (χ0n) is 10.3. The SMILES string of the molecule is CCOc1cc(Cl)c(C(C)(C)CCBr)cc1Cl. The first-order valence-corrected chi connectivity index (χ1v) is 7.48. The summed E-state index contributed by atoms with van der Waals surface area (Å²) in [4.78, 5) is 0. The van der Waals surface area contributed by atoms with Crippen LogP contribution in [-0.4, -0.2) is 11.9 Å². The second-order valence-corrected chi connectivity index (χ2v) is 6.13. The molecule has 0 atom stereocenters. The molecular formula is C13H17BrCl2O. The average Bonchev–Trinajstić information content (AvgIpc) is 2.23. The van der Waals surface area contributed by atoms with Crippen LogP contribution in [0.25, 0.3) is 0 Å². The van der Waals surface area contributed by atoms with E-state index in [2.05, 4.69) is 29.8 Å². The Labute approximate surface area is 122 Å². The zero-order chi connectivity index (χ0) is 13.1. The van der Waals surface area contributed by atoms with E-state index in [1.54, 1.807) is 6.07 Å². The molecule has 0 spiro atoms. The van der Waals surface area contributed by atoms with Crippen molar-refractivity contribution in [1.82, 2.24) is 0 Å². The Morgan fingerprint density at radius 2 is 1.88 bits per heavy atom. The van der Waals surface area contributed by atoms with E-state index in [1.807, 2.05) is 13.0 Å². The van der Waals surface area contributed by atoms with Gasteiger partial charge in [0.2, 0.25) is 0 Å². The first-order valence-electron chi connectivity index (χ1n) is 5.60. The molecule has 0 heterocycles. The Bertz CT molecular complexity index is 391. The van der Waals surface area contributed by atoms with Crippen LogP contribution in [-0.2, 0) is 5.41 Å². The third kappa shape index (κ3) is 3.77. The zero-order valence-corrected chi connectivity index (χ0v) is 13.4. The van der Waals surface area contributed by atoms with Gasteiger partial charge in [0, 0.05) is 16.4 Å². The lowest BCUT2D eigenvalue weighted by molar-refractivity contribution is 0.340. The van der Waals surface area contributed by atoms with Crippen molar-refractivity contribution >= 4 is 39.1 Å². The van der Waals surface area contributed by atoms with Crippen molar-refractivity contribution in [2.75, 3.05) is 11.9 Å². The lowest BCUT2D eigenvalue weighted by Gasteiger charge is -2.26. The van der Waals surface area contributed by atoms with Crippen molar-refractivity contribution in [3.8, 4) is 5.75 Å². The molecule has 1 rings (SSSR count). The summed E-state index contributed by atoms with van der Waals surface area (Å²) in [5.74, 6) is 0.651. The molecule has 0 saturated carbocycles. The summed E-state index contributed by atoms with van der Waals surface area (Å²) in [6, 6.07) is 3.72. The number of halogens is 3. The van der Waals surface area contributed by atoms with Gasteiger partial charge in [-0.2, -0.15) is 0 Å². The van der Waals surface area contributed by atoms with Gasteiger partial charge >= 0.3 is 0 Å². The number of alkyl halides is 1. The molecule has 0 unspecified atom stereocenters. The van der Waals surface area contributed by atoms with E-state index in [4.69, 9.17) is 27.9 Å². The van der Waals surface area contributed by atoms with E-state index in [0.717, 1.165) is 17.3 Å². The summed E-state index contributed by atoms with van der Waals surface area (Å²) in [5, 5.41) is 2.26. The standard InChI is InChI=1S/C13H17BrCl2O/c1-4-17-12-8-10(15)9(7-11(12)16)13(2,3)5-6-14/h7-8H,4-6H2,1-3H3. The number of ether oxygens (including phenoxy) is 1. The Balaban J connectivity index is 3.15. The van der Waals surface area contributed by atoms with Gasteiger partial charge in [0.1, 0.15) is 5.75 Å². The molecule has 4 heteroatoms. The van der Waals surface area contributed by atoms with Crippen LogP contribution in [0.4, 0.5) is 0 Å². The lowest BCUT2D eigenvalue weighted by atomic mass is 9.82. The molecule has 0 aliphatic rings. The number of hydrogen-bond acceptors (Lipinski definition) is 1. The van der Waals surface area contributed by atoms with Gasteiger partial charge in [-0.3, -0.25) is 0 Å². The Morgan fingerprint density at radius 3 is 2.41 bits per heavy atom. The summed E-state index contributed by atoms with van der Waals surface area (Å²) in [6.45, 7) is 6.82. The van der Waals surface area contributed by atoms with Crippen molar-refractivity contribution in [2.24, 2.45) is 0 Å². The fourth-order valence-electron chi connectivity index (χ4n) is 1.68. The smallest absolute Gasteiger partial charge is 0.139 e. The van der Waals surface area contributed by atoms with Crippen molar-refractivity contribution in [2.45, 2.75) is 32.6 Å². The maximum absolute atomic E-state index is 6.30. The Morgan fingerprint density at radius 1 is 1.24 bits per heavy atom. The lowest BCUT2D eigenvalue weighted by Crippen LogP contribution is -2.18. The summed E-state index contributed by atoms with van der Waals surface area (Å²) >= 11 is 16.0. The van der Waals surface area contributed by atoms with E-state index in [1.165, 1.54) is 0 Å². The van der Waals surface area contributed by atoms with E-state index in [0.29, 0.717) is 22.4 Å². The Hall–Kier alpha value is 0.0800. The topological polar surface area (TPSA) is 9.23 Å². The highest BCUT2D eigenvalue weighted by molar-refractivity contribution is 9.09. The van der Waals surface area contributed by atoms with E-state index in [-0.39, 0.29) is 5.41 Å².